The van der Waals surface area contributed by atoms with Gasteiger partial charge < -0.3 is 15.4 Å². The predicted molar refractivity (Wildman–Crippen MR) is 79.8 cm³/mol. The molecule has 0 radical (unpaired) electrons. The molecule has 1 saturated heterocycles. The third kappa shape index (κ3) is 5.61. The number of ether oxygens (including phenoxy) is 1. The van der Waals surface area contributed by atoms with Gasteiger partial charge in [-0.05, 0) is 50.4 Å². The average Bonchev–Trinajstić information content (AvgIpc) is 2.98. The minimum atomic E-state index is 0.132. The van der Waals surface area contributed by atoms with E-state index in [9.17, 15) is 4.79 Å². The van der Waals surface area contributed by atoms with Gasteiger partial charge in [0.15, 0.2) is 0 Å². The second-order valence-corrected chi connectivity index (χ2v) is 5.26. The number of nitrogens with one attached hydrogen (secondary N) is 2. The number of hydrogen-bond donors (Lipinski definition) is 2. The number of para-hydroxylation sites is 1. The quantitative estimate of drug-likeness (QED) is 0.714. The summed E-state index contributed by atoms with van der Waals surface area (Å²) in [6, 6.07) is 9.70. The van der Waals surface area contributed by atoms with Crippen LogP contribution in [0.25, 0.3) is 0 Å². The van der Waals surface area contributed by atoms with Crippen molar-refractivity contribution in [3.63, 3.8) is 0 Å². The van der Waals surface area contributed by atoms with Crippen LogP contribution in [-0.2, 0) is 4.79 Å². The van der Waals surface area contributed by atoms with Crippen molar-refractivity contribution in [2.75, 3.05) is 26.2 Å². The second-order valence-electron chi connectivity index (χ2n) is 5.26. The first-order valence-corrected chi connectivity index (χ1v) is 7.50. The Kier molecular flexibility index (Phi) is 6.38. The summed E-state index contributed by atoms with van der Waals surface area (Å²) in [6.45, 7) is 3.60. The molecule has 1 fully saturated rings. The molecule has 0 bridgehead atoms. The fourth-order valence-electron chi connectivity index (χ4n) is 2.40. The van der Waals surface area contributed by atoms with Gasteiger partial charge in [-0.2, -0.15) is 0 Å². The van der Waals surface area contributed by atoms with Gasteiger partial charge in [-0.15, -0.1) is 0 Å². The van der Waals surface area contributed by atoms with Gasteiger partial charge >= 0.3 is 0 Å². The van der Waals surface area contributed by atoms with E-state index in [0.29, 0.717) is 13.0 Å². The second kappa shape index (κ2) is 8.59. The summed E-state index contributed by atoms with van der Waals surface area (Å²) in [6.07, 6.45) is 3.61. The molecule has 0 spiro atoms. The minimum Gasteiger partial charge on any atom is -0.494 e. The van der Waals surface area contributed by atoms with Gasteiger partial charge in [-0.25, -0.2) is 0 Å². The Balaban J connectivity index is 1.47. The molecule has 1 aromatic carbocycles. The lowest BCUT2D eigenvalue weighted by atomic mass is 10.1. The zero-order valence-corrected chi connectivity index (χ0v) is 11.9. The Hall–Kier alpha value is -1.55. The lowest BCUT2D eigenvalue weighted by Gasteiger charge is -2.09. The van der Waals surface area contributed by atoms with E-state index in [0.717, 1.165) is 44.1 Å². The third-order valence-electron chi connectivity index (χ3n) is 3.60. The van der Waals surface area contributed by atoms with Crippen molar-refractivity contribution in [3.8, 4) is 5.75 Å². The van der Waals surface area contributed by atoms with Gasteiger partial charge in [-0.3, -0.25) is 4.79 Å². The Labute approximate surface area is 120 Å². The van der Waals surface area contributed by atoms with Crippen LogP contribution in [0.3, 0.4) is 0 Å². The van der Waals surface area contributed by atoms with Crippen LogP contribution in [-0.4, -0.2) is 32.1 Å². The van der Waals surface area contributed by atoms with Gasteiger partial charge in [0, 0.05) is 13.0 Å². The minimum absolute atomic E-state index is 0.132. The first-order chi connectivity index (χ1) is 9.84. The summed E-state index contributed by atoms with van der Waals surface area (Å²) in [4.78, 5) is 11.6. The van der Waals surface area contributed by atoms with Crippen LogP contribution in [0.15, 0.2) is 30.3 Å². The highest BCUT2D eigenvalue weighted by atomic mass is 16.5. The van der Waals surface area contributed by atoms with Crippen molar-refractivity contribution in [2.24, 2.45) is 5.92 Å². The largest absolute Gasteiger partial charge is 0.494 e. The van der Waals surface area contributed by atoms with Crippen LogP contribution >= 0.6 is 0 Å². The fourth-order valence-corrected chi connectivity index (χ4v) is 2.40. The Morgan fingerprint density at radius 2 is 2.20 bits per heavy atom. The van der Waals surface area contributed by atoms with E-state index in [2.05, 4.69) is 10.6 Å². The Morgan fingerprint density at radius 3 is 2.95 bits per heavy atom. The van der Waals surface area contributed by atoms with Gasteiger partial charge in [0.25, 0.3) is 0 Å². The maximum atomic E-state index is 11.6. The highest BCUT2D eigenvalue weighted by molar-refractivity contribution is 5.75. The van der Waals surface area contributed by atoms with Crippen molar-refractivity contribution in [1.82, 2.24) is 10.6 Å². The van der Waals surface area contributed by atoms with E-state index >= 15 is 0 Å². The number of benzene rings is 1. The molecule has 1 unspecified atom stereocenters. The van der Waals surface area contributed by atoms with Gasteiger partial charge in [0.05, 0.1) is 6.61 Å². The molecule has 4 nitrogen and oxygen atoms in total. The fraction of sp³-hybridized carbons (Fsp3) is 0.562. The number of carbonyl (C=O) groups is 1. The molecular formula is C16H24N2O2. The van der Waals surface area contributed by atoms with Gasteiger partial charge in [-0.1, -0.05) is 18.2 Å². The molecule has 1 aromatic rings. The highest BCUT2D eigenvalue weighted by Gasteiger charge is 2.13. The maximum Gasteiger partial charge on any atom is 0.220 e. The van der Waals surface area contributed by atoms with Crippen LogP contribution in [0.4, 0.5) is 0 Å². The van der Waals surface area contributed by atoms with Crippen molar-refractivity contribution < 1.29 is 9.53 Å². The zero-order chi connectivity index (χ0) is 14.0. The summed E-state index contributed by atoms with van der Waals surface area (Å²) in [5, 5.41) is 6.32. The topological polar surface area (TPSA) is 50.4 Å². The smallest absolute Gasteiger partial charge is 0.220 e. The van der Waals surface area contributed by atoms with Crippen LogP contribution in [0.2, 0.25) is 0 Å². The lowest BCUT2D eigenvalue weighted by Crippen LogP contribution is -2.26. The van der Waals surface area contributed by atoms with E-state index in [4.69, 9.17) is 4.74 Å². The molecule has 2 N–H and O–H groups in total. The van der Waals surface area contributed by atoms with Crippen molar-refractivity contribution in [3.05, 3.63) is 30.3 Å². The molecule has 4 heteroatoms. The van der Waals surface area contributed by atoms with Crippen LogP contribution < -0.4 is 15.4 Å². The highest BCUT2D eigenvalue weighted by Crippen LogP contribution is 2.11. The SMILES string of the molecule is O=C(CCCOc1ccccc1)NCCC1CCNC1. The number of amides is 1. The normalized spacial score (nSPS) is 17.9. The summed E-state index contributed by atoms with van der Waals surface area (Å²) in [7, 11) is 0. The summed E-state index contributed by atoms with van der Waals surface area (Å²) in [5.74, 6) is 1.73. The van der Waals surface area contributed by atoms with E-state index < -0.39 is 0 Å². The average molecular weight is 276 g/mol. The molecule has 2 rings (SSSR count). The summed E-state index contributed by atoms with van der Waals surface area (Å²) < 4.78 is 5.55. The third-order valence-corrected chi connectivity index (χ3v) is 3.60. The summed E-state index contributed by atoms with van der Waals surface area (Å²) >= 11 is 0. The molecule has 1 aliphatic heterocycles. The van der Waals surface area contributed by atoms with Crippen LogP contribution in [0.1, 0.15) is 25.7 Å². The number of rotatable bonds is 8. The molecule has 0 saturated carbocycles. The molecule has 0 aromatic heterocycles. The summed E-state index contributed by atoms with van der Waals surface area (Å²) in [5.41, 5.74) is 0. The van der Waals surface area contributed by atoms with Crippen molar-refractivity contribution in [2.45, 2.75) is 25.7 Å². The number of carbonyl (C=O) groups excluding carboxylic acids is 1. The van der Waals surface area contributed by atoms with Crippen molar-refractivity contribution >= 4 is 5.91 Å². The first-order valence-electron chi connectivity index (χ1n) is 7.50. The maximum absolute atomic E-state index is 11.6. The monoisotopic (exact) mass is 276 g/mol. The standard InChI is InChI=1S/C16H24N2O2/c19-16(18-11-9-14-8-10-17-13-14)7-4-12-20-15-5-2-1-3-6-15/h1-3,5-6,14,17H,4,7-13H2,(H,18,19). The number of hydrogen-bond acceptors (Lipinski definition) is 3. The molecular weight excluding hydrogens is 252 g/mol. The molecule has 1 aliphatic rings. The molecule has 1 heterocycles. The lowest BCUT2D eigenvalue weighted by molar-refractivity contribution is -0.121. The van der Waals surface area contributed by atoms with E-state index in [-0.39, 0.29) is 5.91 Å². The van der Waals surface area contributed by atoms with Crippen molar-refractivity contribution in [1.29, 1.82) is 0 Å². The molecule has 110 valence electrons. The Morgan fingerprint density at radius 1 is 1.35 bits per heavy atom. The van der Waals surface area contributed by atoms with Gasteiger partial charge in [0.1, 0.15) is 5.75 Å². The van der Waals surface area contributed by atoms with E-state index in [1.807, 2.05) is 30.3 Å². The van der Waals surface area contributed by atoms with Crippen LogP contribution in [0, 0.1) is 5.92 Å². The zero-order valence-electron chi connectivity index (χ0n) is 11.9. The Bertz CT molecular complexity index is 389. The molecule has 1 amide bonds. The molecule has 20 heavy (non-hydrogen) atoms. The molecule has 0 aliphatic carbocycles. The molecule has 1 atom stereocenters. The van der Waals surface area contributed by atoms with E-state index in [1.54, 1.807) is 0 Å². The predicted octanol–water partition coefficient (Wildman–Crippen LogP) is 1.96. The van der Waals surface area contributed by atoms with Crippen LogP contribution in [0.5, 0.6) is 5.75 Å². The first kappa shape index (κ1) is 14.9. The van der Waals surface area contributed by atoms with Gasteiger partial charge in [0.2, 0.25) is 5.91 Å². The van der Waals surface area contributed by atoms with E-state index in [1.165, 1.54) is 6.42 Å².